The van der Waals surface area contributed by atoms with E-state index in [1.54, 1.807) is 0 Å². The molecule has 0 aliphatic rings. The quantitative estimate of drug-likeness (QED) is 0.542. The molecule has 1 aromatic heterocycles. The Balaban J connectivity index is 3.07. The highest BCUT2D eigenvalue weighted by molar-refractivity contribution is 6.29. The first-order valence-corrected chi connectivity index (χ1v) is 2.92. The lowest BCUT2D eigenvalue weighted by atomic mass is 10.4. The number of halogens is 1. The third-order valence-corrected chi connectivity index (χ3v) is 1.13. The molecular weight excluding hydrogens is 154 g/mol. The Morgan fingerprint density at radius 3 is 2.70 bits per heavy atom. The van der Waals surface area contributed by atoms with Gasteiger partial charge in [0.2, 0.25) is 0 Å². The second-order valence-corrected chi connectivity index (χ2v) is 2.02. The summed E-state index contributed by atoms with van der Waals surface area (Å²) in [5.41, 5.74) is -0.146. The van der Waals surface area contributed by atoms with E-state index >= 15 is 0 Å². The van der Waals surface area contributed by atoms with Crippen LogP contribution >= 0.6 is 11.6 Å². The minimum Gasteiger partial charge on any atom is -0.543 e. The van der Waals surface area contributed by atoms with Crippen LogP contribution in [0.5, 0.6) is 0 Å². The van der Waals surface area contributed by atoms with Gasteiger partial charge in [0, 0.05) is 0 Å². The van der Waals surface area contributed by atoms with Crippen LogP contribution in [0.25, 0.3) is 0 Å². The fourth-order valence-corrected chi connectivity index (χ4v) is 0.686. The standard InChI is InChI=1S/C6H4ClNO2/c7-5-3-1-2-4(8-5)6(9)10/h1-3H,(H,9,10)/p-1. The summed E-state index contributed by atoms with van der Waals surface area (Å²) in [7, 11) is 0. The van der Waals surface area contributed by atoms with E-state index in [1.807, 2.05) is 0 Å². The molecule has 0 fully saturated rings. The van der Waals surface area contributed by atoms with Crippen LogP contribution in [0, 0.1) is 0 Å². The van der Waals surface area contributed by atoms with Crippen molar-refractivity contribution >= 4 is 17.6 Å². The average molecular weight is 157 g/mol. The number of carboxylic acids is 1. The molecule has 4 heteroatoms. The monoisotopic (exact) mass is 156 g/mol. The molecule has 0 unspecified atom stereocenters. The maximum absolute atomic E-state index is 10.1. The van der Waals surface area contributed by atoms with E-state index < -0.39 is 5.97 Å². The topological polar surface area (TPSA) is 53.0 Å². The van der Waals surface area contributed by atoms with E-state index in [1.165, 1.54) is 18.2 Å². The van der Waals surface area contributed by atoms with Gasteiger partial charge in [-0.2, -0.15) is 0 Å². The number of hydrogen-bond acceptors (Lipinski definition) is 3. The highest BCUT2D eigenvalue weighted by Gasteiger charge is 1.93. The zero-order valence-electron chi connectivity index (χ0n) is 4.87. The molecule has 3 nitrogen and oxygen atoms in total. The van der Waals surface area contributed by atoms with Crippen molar-refractivity contribution in [2.24, 2.45) is 0 Å². The van der Waals surface area contributed by atoms with E-state index in [-0.39, 0.29) is 10.8 Å². The lowest BCUT2D eigenvalue weighted by molar-refractivity contribution is -0.255. The van der Waals surface area contributed by atoms with E-state index in [0.717, 1.165) is 0 Å². The number of aromatic nitrogens is 1. The molecular formula is C6H3ClNO2-. The average Bonchev–Trinajstić information content (AvgIpc) is 1.88. The van der Waals surface area contributed by atoms with Crippen molar-refractivity contribution in [1.29, 1.82) is 0 Å². The van der Waals surface area contributed by atoms with Gasteiger partial charge in [-0.25, -0.2) is 4.98 Å². The molecule has 0 radical (unpaired) electrons. The molecule has 0 amide bonds. The van der Waals surface area contributed by atoms with Gasteiger partial charge in [0.1, 0.15) is 5.15 Å². The molecule has 0 N–H and O–H groups in total. The van der Waals surface area contributed by atoms with Crippen molar-refractivity contribution in [2.75, 3.05) is 0 Å². The Kier molecular flexibility index (Phi) is 1.87. The van der Waals surface area contributed by atoms with Crippen molar-refractivity contribution in [2.45, 2.75) is 0 Å². The van der Waals surface area contributed by atoms with Gasteiger partial charge in [-0.3, -0.25) is 0 Å². The fourth-order valence-electron chi connectivity index (χ4n) is 0.522. The number of rotatable bonds is 1. The Hall–Kier alpha value is -1.09. The molecule has 10 heavy (non-hydrogen) atoms. The van der Waals surface area contributed by atoms with Crippen LogP contribution < -0.4 is 5.11 Å². The maximum atomic E-state index is 10.1. The van der Waals surface area contributed by atoms with Crippen molar-refractivity contribution in [3.05, 3.63) is 29.0 Å². The number of nitrogens with zero attached hydrogens (tertiary/aromatic N) is 1. The van der Waals surface area contributed by atoms with Crippen molar-refractivity contribution < 1.29 is 9.90 Å². The highest BCUT2D eigenvalue weighted by Crippen LogP contribution is 2.03. The van der Waals surface area contributed by atoms with Gasteiger partial charge in [-0.05, 0) is 12.1 Å². The summed E-state index contributed by atoms with van der Waals surface area (Å²) in [5.74, 6) is -1.32. The van der Waals surface area contributed by atoms with E-state index in [0.29, 0.717) is 0 Å². The molecule has 1 heterocycles. The number of aromatic carboxylic acids is 1. The van der Waals surface area contributed by atoms with Crippen LogP contribution in [0.2, 0.25) is 5.15 Å². The van der Waals surface area contributed by atoms with Crippen LogP contribution in [0.15, 0.2) is 18.2 Å². The van der Waals surface area contributed by atoms with Gasteiger partial charge in [-0.1, -0.05) is 17.7 Å². The van der Waals surface area contributed by atoms with Crippen molar-refractivity contribution in [3.63, 3.8) is 0 Å². The van der Waals surface area contributed by atoms with Gasteiger partial charge in [0.15, 0.2) is 0 Å². The van der Waals surface area contributed by atoms with Crippen LogP contribution in [-0.2, 0) is 0 Å². The summed E-state index contributed by atoms with van der Waals surface area (Å²) >= 11 is 5.39. The molecule has 0 atom stereocenters. The van der Waals surface area contributed by atoms with Crippen LogP contribution in [0.4, 0.5) is 0 Å². The van der Waals surface area contributed by atoms with E-state index in [4.69, 9.17) is 11.6 Å². The molecule has 0 saturated carbocycles. The second kappa shape index (κ2) is 2.66. The normalized spacial score (nSPS) is 9.30. The van der Waals surface area contributed by atoms with Gasteiger partial charge in [-0.15, -0.1) is 0 Å². The number of carbonyl (C=O) groups is 1. The minimum absolute atomic E-state index is 0.146. The third kappa shape index (κ3) is 1.45. The largest absolute Gasteiger partial charge is 0.543 e. The predicted molar refractivity (Wildman–Crippen MR) is 33.6 cm³/mol. The Morgan fingerprint density at radius 1 is 1.60 bits per heavy atom. The van der Waals surface area contributed by atoms with Crippen LogP contribution in [0.3, 0.4) is 0 Å². The van der Waals surface area contributed by atoms with Gasteiger partial charge >= 0.3 is 0 Å². The van der Waals surface area contributed by atoms with Crippen LogP contribution in [0.1, 0.15) is 10.5 Å². The first-order chi connectivity index (χ1) is 4.70. The number of hydrogen-bond donors (Lipinski definition) is 0. The lowest BCUT2D eigenvalue weighted by Gasteiger charge is -1.98. The zero-order valence-corrected chi connectivity index (χ0v) is 5.63. The van der Waals surface area contributed by atoms with Gasteiger partial charge in [0.05, 0.1) is 11.7 Å². The van der Waals surface area contributed by atoms with E-state index in [2.05, 4.69) is 4.98 Å². The molecule has 52 valence electrons. The molecule has 0 saturated heterocycles. The number of pyridine rings is 1. The Labute approximate surface area is 62.3 Å². The summed E-state index contributed by atoms with van der Waals surface area (Å²) in [6, 6.07) is 4.32. The number of carbonyl (C=O) groups excluding carboxylic acids is 1. The van der Waals surface area contributed by atoms with E-state index in [9.17, 15) is 9.90 Å². The SMILES string of the molecule is O=C([O-])c1cccc(Cl)n1. The highest BCUT2D eigenvalue weighted by atomic mass is 35.5. The third-order valence-electron chi connectivity index (χ3n) is 0.924. The second-order valence-electron chi connectivity index (χ2n) is 1.63. The van der Waals surface area contributed by atoms with Gasteiger partial charge < -0.3 is 9.90 Å². The lowest BCUT2D eigenvalue weighted by Crippen LogP contribution is -2.23. The Bertz CT molecular complexity index is 262. The molecule has 1 rings (SSSR count). The molecule has 0 spiro atoms. The number of carboxylic acid groups (broad SMARTS) is 1. The zero-order chi connectivity index (χ0) is 7.56. The summed E-state index contributed by atoms with van der Waals surface area (Å²) in [6.45, 7) is 0. The molecule has 0 bridgehead atoms. The van der Waals surface area contributed by atoms with Crippen LogP contribution in [-0.4, -0.2) is 11.0 Å². The first-order valence-electron chi connectivity index (χ1n) is 2.54. The van der Waals surface area contributed by atoms with Gasteiger partial charge in [0.25, 0.3) is 0 Å². The fraction of sp³-hybridized carbons (Fsp3) is 0. The summed E-state index contributed by atoms with van der Waals surface area (Å²) < 4.78 is 0. The maximum Gasteiger partial charge on any atom is 0.129 e. The molecule has 1 aromatic rings. The summed E-state index contributed by atoms with van der Waals surface area (Å²) in [5, 5.41) is 10.3. The first kappa shape index (κ1) is 7.02. The van der Waals surface area contributed by atoms with Crippen molar-refractivity contribution in [1.82, 2.24) is 4.98 Å². The minimum atomic E-state index is -1.32. The van der Waals surface area contributed by atoms with Crippen molar-refractivity contribution in [3.8, 4) is 0 Å². The smallest absolute Gasteiger partial charge is 0.129 e. The summed E-state index contributed by atoms with van der Waals surface area (Å²) in [6.07, 6.45) is 0. The Morgan fingerprint density at radius 2 is 2.30 bits per heavy atom. The predicted octanol–water partition coefficient (Wildman–Crippen LogP) is 0.0985. The molecule has 0 aliphatic carbocycles. The molecule has 0 aromatic carbocycles. The molecule has 0 aliphatic heterocycles. The summed E-state index contributed by atoms with van der Waals surface area (Å²) in [4.78, 5) is 13.6.